The van der Waals surface area contributed by atoms with Gasteiger partial charge in [-0.15, -0.1) is 0 Å². The van der Waals surface area contributed by atoms with Gasteiger partial charge < -0.3 is 10.1 Å². The zero-order valence-corrected chi connectivity index (χ0v) is 13.9. The van der Waals surface area contributed by atoms with Crippen LogP contribution in [-0.2, 0) is 0 Å². The number of ether oxygens (including phenoxy) is 1. The van der Waals surface area contributed by atoms with E-state index in [1.807, 2.05) is 31.2 Å². The summed E-state index contributed by atoms with van der Waals surface area (Å²) in [7, 11) is 1.68. The van der Waals surface area contributed by atoms with Crippen LogP contribution in [-0.4, -0.2) is 13.7 Å². The second kappa shape index (κ2) is 7.17. The molecular formula is C17H19Cl2NO. The van der Waals surface area contributed by atoms with Gasteiger partial charge in [-0.3, -0.25) is 0 Å². The Bertz CT molecular complexity index is 628. The highest BCUT2D eigenvalue weighted by atomic mass is 35.5. The molecule has 1 unspecified atom stereocenters. The second-order valence-electron chi connectivity index (χ2n) is 4.89. The first kappa shape index (κ1) is 16.2. The van der Waals surface area contributed by atoms with Gasteiger partial charge in [0.2, 0.25) is 0 Å². The zero-order chi connectivity index (χ0) is 15.4. The van der Waals surface area contributed by atoms with E-state index in [1.165, 1.54) is 5.56 Å². The molecule has 1 atom stereocenters. The van der Waals surface area contributed by atoms with Crippen molar-refractivity contribution in [3.63, 3.8) is 0 Å². The van der Waals surface area contributed by atoms with Gasteiger partial charge in [-0.25, -0.2) is 0 Å². The highest BCUT2D eigenvalue weighted by Gasteiger charge is 2.15. The summed E-state index contributed by atoms with van der Waals surface area (Å²) in [6.07, 6.45) is 0. The molecule has 0 bridgehead atoms. The van der Waals surface area contributed by atoms with Crippen molar-refractivity contribution in [1.82, 2.24) is 5.32 Å². The number of benzene rings is 2. The standard InChI is InChI=1S/C17H19Cl2NO/c1-4-20-17(13-5-7-14(18)15(19)10-13)12-6-8-16(21-3)11(2)9-12/h5-10,17,20H,4H2,1-3H3. The Labute approximate surface area is 136 Å². The molecule has 0 heterocycles. The Hall–Kier alpha value is -1.22. The predicted octanol–water partition coefficient (Wildman–Crippen LogP) is 5.01. The number of rotatable bonds is 5. The lowest BCUT2D eigenvalue weighted by Crippen LogP contribution is -2.22. The number of hydrogen-bond donors (Lipinski definition) is 1. The highest BCUT2D eigenvalue weighted by Crippen LogP contribution is 2.30. The van der Waals surface area contributed by atoms with Crippen LogP contribution in [0.3, 0.4) is 0 Å². The molecule has 0 saturated heterocycles. The van der Waals surface area contributed by atoms with Crippen LogP contribution >= 0.6 is 23.2 Å². The molecule has 0 aromatic heterocycles. The second-order valence-corrected chi connectivity index (χ2v) is 5.71. The van der Waals surface area contributed by atoms with Crippen LogP contribution in [0.1, 0.15) is 29.7 Å². The molecular weight excluding hydrogens is 305 g/mol. The van der Waals surface area contributed by atoms with Gasteiger partial charge in [0, 0.05) is 0 Å². The van der Waals surface area contributed by atoms with Gasteiger partial charge in [0.05, 0.1) is 23.2 Å². The van der Waals surface area contributed by atoms with E-state index in [1.54, 1.807) is 7.11 Å². The maximum Gasteiger partial charge on any atom is 0.121 e. The van der Waals surface area contributed by atoms with Gasteiger partial charge in [-0.2, -0.15) is 0 Å². The molecule has 2 nitrogen and oxygen atoms in total. The number of hydrogen-bond acceptors (Lipinski definition) is 2. The summed E-state index contributed by atoms with van der Waals surface area (Å²) >= 11 is 12.1. The van der Waals surface area contributed by atoms with E-state index in [-0.39, 0.29) is 6.04 Å². The molecule has 2 rings (SSSR count). The fourth-order valence-corrected chi connectivity index (χ4v) is 2.71. The van der Waals surface area contributed by atoms with Gasteiger partial charge in [0.25, 0.3) is 0 Å². The molecule has 0 fully saturated rings. The fourth-order valence-electron chi connectivity index (χ4n) is 2.41. The van der Waals surface area contributed by atoms with Gasteiger partial charge in [-0.05, 0) is 48.4 Å². The first-order valence-corrected chi connectivity index (χ1v) is 7.65. The first-order chi connectivity index (χ1) is 10.1. The van der Waals surface area contributed by atoms with Crippen LogP contribution < -0.4 is 10.1 Å². The number of halogens is 2. The SMILES string of the molecule is CCNC(c1ccc(OC)c(C)c1)c1ccc(Cl)c(Cl)c1. The van der Waals surface area contributed by atoms with Crippen molar-refractivity contribution >= 4 is 23.2 Å². The maximum atomic E-state index is 6.14. The van der Waals surface area contributed by atoms with E-state index in [9.17, 15) is 0 Å². The highest BCUT2D eigenvalue weighted by molar-refractivity contribution is 6.42. The van der Waals surface area contributed by atoms with Gasteiger partial charge >= 0.3 is 0 Å². The topological polar surface area (TPSA) is 21.3 Å². The Morgan fingerprint density at radius 2 is 1.71 bits per heavy atom. The maximum absolute atomic E-state index is 6.14. The quantitative estimate of drug-likeness (QED) is 0.835. The largest absolute Gasteiger partial charge is 0.496 e. The van der Waals surface area contributed by atoms with E-state index in [0.717, 1.165) is 23.4 Å². The molecule has 4 heteroatoms. The average Bonchev–Trinajstić information content (AvgIpc) is 2.48. The van der Waals surface area contributed by atoms with Crippen LogP contribution in [0, 0.1) is 6.92 Å². The monoisotopic (exact) mass is 323 g/mol. The molecule has 21 heavy (non-hydrogen) atoms. The van der Waals surface area contributed by atoms with E-state index >= 15 is 0 Å². The van der Waals surface area contributed by atoms with Crippen LogP contribution in [0.5, 0.6) is 5.75 Å². The lowest BCUT2D eigenvalue weighted by atomic mass is 9.97. The Morgan fingerprint density at radius 1 is 1.05 bits per heavy atom. The number of aryl methyl sites for hydroxylation is 1. The molecule has 0 saturated carbocycles. The van der Waals surface area contributed by atoms with E-state index in [4.69, 9.17) is 27.9 Å². The summed E-state index contributed by atoms with van der Waals surface area (Å²) in [6, 6.07) is 12.0. The first-order valence-electron chi connectivity index (χ1n) is 6.89. The molecule has 1 N–H and O–H groups in total. The minimum absolute atomic E-state index is 0.0781. The minimum atomic E-state index is 0.0781. The lowest BCUT2D eigenvalue weighted by Gasteiger charge is -2.20. The summed E-state index contributed by atoms with van der Waals surface area (Å²) in [5, 5.41) is 4.63. The fraction of sp³-hybridized carbons (Fsp3) is 0.294. The summed E-state index contributed by atoms with van der Waals surface area (Å²) in [6.45, 7) is 4.98. The molecule has 0 aliphatic rings. The average molecular weight is 324 g/mol. The summed E-state index contributed by atoms with van der Waals surface area (Å²) in [5.41, 5.74) is 3.38. The van der Waals surface area contributed by atoms with Crippen molar-refractivity contribution in [2.24, 2.45) is 0 Å². The van der Waals surface area contributed by atoms with Crippen molar-refractivity contribution < 1.29 is 4.74 Å². The lowest BCUT2D eigenvalue weighted by molar-refractivity contribution is 0.411. The van der Waals surface area contributed by atoms with Gasteiger partial charge in [-0.1, -0.05) is 48.3 Å². The molecule has 0 spiro atoms. The van der Waals surface area contributed by atoms with Crippen molar-refractivity contribution in [2.45, 2.75) is 19.9 Å². The van der Waals surface area contributed by atoms with Gasteiger partial charge in [0.1, 0.15) is 5.75 Å². The zero-order valence-electron chi connectivity index (χ0n) is 12.4. The third kappa shape index (κ3) is 3.70. The van der Waals surface area contributed by atoms with Gasteiger partial charge in [0.15, 0.2) is 0 Å². The van der Waals surface area contributed by atoms with Crippen molar-refractivity contribution in [3.8, 4) is 5.75 Å². The minimum Gasteiger partial charge on any atom is -0.496 e. The third-order valence-electron chi connectivity index (χ3n) is 3.44. The normalized spacial score (nSPS) is 12.2. The Kier molecular flexibility index (Phi) is 5.51. The van der Waals surface area contributed by atoms with E-state index in [2.05, 4.69) is 24.4 Å². The van der Waals surface area contributed by atoms with E-state index in [0.29, 0.717) is 10.0 Å². The molecule has 0 amide bonds. The van der Waals surface area contributed by atoms with Crippen molar-refractivity contribution in [1.29, 1.82) is 0 Å². The molecule has 2 aromatic carbocycles. The molecule has 0 radical (unpaired) electrons. The van der Waals surface area contributed by atoms with Crippen LogP contribution in [0.4, 0.5) is 0 Å². The van der Waals surface area contributed by atoms with Crippen molar-refractivity contribution in [2.75, 3.05) is 13.7 Å². The van der Waals surface area contributed by atoms with E-state index < -0.39 is 0 Å². The van der Waals surface area contributed by atoms with Crippen LogP contribution in [0.15, 0.2) is 36.4 Å². The smallest absolute Gasteiger partial charge is 0.121 e. The Morgan fingerprint density at radius 3 is 2.29 bits per heavy atom. The Balaban J connectivity index is 2.42. The predicted molar refractivity (Wildman–Crippen MR) is 89.7 cm³/mol. The van der Waals surface area contributed by atoms with Crippen LogP contribution in [0.25, 0.3) is 0 Å². The molecule has 2 aromatic rings. The summed E-state index contributed by atoms with van der Waals surface area (Å²) in [5.74, 6) is 0.892. The molecule has 0 aliphatic carbocycles. The van der Waals surface area contributed by atoms with Crippen molar-refractivity contribution in [3.05, 3.63) is 63.1 Å². The number of nitrogens with one attached hydrogen (secondary N) is 1. The molecule has 112 valence electrons. The summed E-state index contributed by atoms with van der Waals surface area (Å²) in [4.78, 5) is 0. The van der Waals surface area contributed by atoms with Crippen LogP contribution in [0.2, 0.25) is 10.0 Å². The summed E-state index contributed by atoms with van der Waals surface area (Å²) < 4.78 is 5.32. The molecule has 0 aliphatic heterocycles. The number of methoxy groups -OCH3 is 1. The third-order valence-corrected chi connectivity index (χ3v) is 4.18.